The number of carbonyl (C=O) groups is 4. The average molecular weight is 676 g/mol. The maximum absolute atomic E-state index is 12.6. The number of halogens is 4. The van der Waals surface area contributed by atoms with Gasteiger partial charge in [0.1, 0.15) is 12.5 Å². The molecule has 2 aromatic rings. The maximum Gasteiger partial charge on any atom is 0.441 e. The number of rotatable bonds is 16. The zero-order valence-corrected chi connectivity index (χ0v) is 27.3. The van der Waals surface area contributed by atoms with Crippen molar-refractivity contribution < 1.29 is 28.5 Å². The highest BCUT2D eigenvalue weighted by Gasteiger charge is 2.21. The quantitative estimate of drug-likeness (QED) is 0.150. The maximum atomic E-state index is 12.6. The number of carbonyl (C=O) groups excluding carboxylic acids is 4. The first-order chi connectivity index (χ1) is 20.2. The average Bonchev–Trinajstić information content (AvgIpc) is 2.92. The van der Waals surface area contributed by atoms with Crippen LogP contribution in [0.4, 0.5) is 0 Å². The van der Waals surface area contributed by atoms with Gasteiger partial charge in [-0.3, -0.25) is 19.2 Å². The largest absolute Gasteiger partial charge is 0.441 e. The van der Waals surface area contributed by atoms with Gasteiger partial charge in [-0.15, -0.1) is 0 Å². The van der Waals surface area contributed by atoms with E-state index >= 15 is 0 Å². The van der Waals surface area contributed by atoms with Crippen LogP contribution >= 0.6 is 46.4 Å². The van der Waals surface area contributed by atoms with E-state index in [-0.39, 0.29) is 53.8 Å². The molecule has 43 heavy (non-hydrogen) atoms. The molecule has 0 aliphatic carbocycles. The van der Waals surface area contributed by atoms with Crippen molar-refractivity contribution in [3.8, 4) is 0 Å². The van der Waals surface area contributed by atoms with Crippen LogP contribution < -0.4 is 21.3 Å². The SMILES string of the molecule is CC(C)C[C@H](NC(=O)CNC(=O)c1cc(Cl)ccc1Cl)OBO[C@H](CC(C)C)NC(=O)CNC(=O)c1cc(Cl)ccc1Cl. The molecule has 0 aromatic heterocycles. The van der Waals surface area contributed by atoms with Crippen LogP contribution in [0.3, 0.4) is 0 Å². The Hall–Kier alpha value is -2.54. The third kappa shape index (κ3) is 13.8. The van der Waals surface area contributed by atoms with Crippen molar-refractivity contribution in [1.82, 2.24) is 21.3 Å². The van der Waals surface area contributed by atoms with Gasteiger partial charge in [-0.1, -0.05) is 74.1 Å². The molecule has 234 valence electrons. The summed E-state index contributed by atoms with van der Waals surface area (Å²) in [7, 11) is -0.246. The van der Waals surface area contributed by atoms with Crippen molar-refractivity contribution in [1.29, 1.82) is 0 Å². The first-order valence-corrected chi connectivity index (χ1v) is 15.0. The van der Waals surface area contributed by atoms with Crippen molar-refractivity contribution in [2.45, 2.75) is 53.0 Å². The third-order valence-electron chi connectivity index (χ3n) is 5.72. The highest BCUT2D eigenvalue weighted by Crippen LogP contribution is 2.21. The molecule has 4 N–H and O–H groups in total. The van der Waals surface area contributed by atoms with E-state index in [4.69, 9.17) is 55.7 Å². The number of benzene rings is 2. The van der Waals surface area contributed by atoms with Gasteiger partial charge >= 0.3 is 7.69 Å². The van der Waals surface area contributed by atoms with Crippen LogP contribution in [0.15, 0.2) is 36.4 Å². The molecule has 2 atom stereocenters. The van der Waals surface area contributed by atoms with Gasteiger partial charge in [0.25, 0.3) is 11.8 Å². The Labute approximate surface area is 272 Å². The number of nitrogens with one attached hydrogen (secondary N) is 4. The molecule has 0 unspecified atom stereocenters. The molecule has 0 heterocycles. The zero-order chi connectivity index (χ0) is 32.1. The van der Waals surface area contributed by atoms with Crippen molar-refractivity contribution in [3.63, 3.8) is 0 Å². The molecule has 2 aromatic carbocycles. The summed E-state index contributed by atoms with van der Waals surface area (Å²) in [6, 6.07) is 8.92. The van der Waals surface area contributed by atoms with Crippen LogP contribution in [0.1, 0.15) is 61.3 Å². The van der Waals surface area contributed by atoms with Gasteiger partial charge in [0.2, 0.25) is 11.8 Å². The van der Waals surface area contributed by atoms with Crippen molar-refractivity contribution in [2.75, 3.05) is 13.1 Å². The summed E-state index contributed by atoms with van der Waals surface area (Å²) in [6.07, 6.45) is -0.530. The molecule has 0 saturated heterocycles. The van der Waals surface area contributed by atoms with Crippen molar-refractivity contribution in [2.24, 2.45) is 11.8 Å². The molecule has 0 saturated carbocycles. The van der Waals surface area contributed by atoms with Gasteiger partial charge in [0.15, 0.2) is 0 Å². The fraction of sp³-hybridized carbons (Fsp3) is 0.429. The zero-order valence-electron chi connectivity index (χ0n) is 24.3. The Morgan fingerprint density at radius 2 is 1.05 bits per heavy atom. The second-order valence-corrected chi connectivity index (χ2v) is 12.1. The van der Waals surface area contributed by atoms with Gasteiger partial charge in [-0.25, -0.2) is 0 Å². The highest BCUT2D eigenvalue weighted by molar-refractivity contribution is 6.36. The monoisotopic (exact) mass is 674 g/mol. The molecule has 2 rings (SSSR count). The lowest BCUT2D eigenvalue weighted by Gasteiger charge is -2.24. The molecule has 15 heteroatoms. The third-order valence-corrected chi connectivity index (χ3v) is 6.85. The molecular weight excluding hydrogens is 641 g/mol. The number of hydrogen-bond donors (Lipinski definition) is 4. The fourth-order valence-electron chi connectivity index (χ4n) is 3.71. The summed E-state index contributed by atoms with van der Waals surface area (Å²) in [4.78, 5) is 50.0. The Morgan fingerprint density at radius 1 is 0.674 bits per heavy atom. The fourth-order valence-corrected chi connectivity index (χ4v) is 4.46. The van der Waals surface area contributed by atoms with Crippen LogP contribution in [0.5, 0.6) is 0 Å². The number of amides is 4. The van der Waals surface area contributed by atoms with E-state index < -0.39 is 36.1 Å². The molecule has 0 bridgehead atoms. The normalized spacial score (nSPS) is 12.4. The summed E-state index contributed by atoms with van der Waals surface area (Å²) >= 11 is 24.0. The summed E-state index contributed by atoms with van der Waals surface area (Å²) in [5.41, 5.74) is 0.299. The summed E-state index contributed by atoms with van der Waals surface area (Å²) in [5.74, 6) is -1.75. The lowest BCUT2D eigenvalue weighted by molar-refractivity contribution is -0.123. The first-order valence-electron chi connectivity index (χ1n) is 13.5. The van der Waals surface area contributed by atoms with E-state index in [1.54, 1.807) is 12.1 Å². The summed E-state index contributed by atoms with van der Waals surface area (Å²) in [5, 5.41) is 11.5. The lowest BCUT2D eigenvalue weighted by Crippen LogP contribution is -2.46. The molecule has 0 aliphatic heterocycles. The second kappa shape index (κ2) is 18.3. The Morgan fingerprint density at radius 3 is 1.40 bits per heavy atom. The minimum atomic E-state index is -0.726. The highest BCUT2D eigenvalue weighted by atomic mass is 35.5. The van der Waals surface area contributed by atoms with Gasteiger partial charge in [0.05, 0.1) is 34.3 Å². The Bertz CT molecular complexity index is 1190. The van der Waals surface area contributed by atoms with Crippen LogP contribution in [0, 0.1) is 11.8 Å². The molecular formula is C28H35BCl4N4O6. The minimum Gasteiger partial charge on any atom is -0.393 e. The van der Waals surface area contributed by atoms with Crippen LogP contribution in [0.25, 0.3) is 0 Å². The number of hydrogen-bond acceptors (Lipinski definition) is 6. The van der Waals surface area contributed by atoms with E-state index in [1.165, 1.54) is 24.3 Å². The summed E-state index contributed by atoms with van der Waals surface area (Å²) in [6.45, 7) is 7.19. The predicted molar refractivity (Wildman–Crippen MR) is 170 cm³/mol. The van der Waals surface area contributed by atoms with E-state index in [0.29, 0.717) is 22.9 Å². The van der Waals surface area contributed by atoms with E-state index in [9.17, 15) is 19.2 Å². The Balaban J connectivity index is 1.88. The van der Waals surface area contributed by atoms with E-state index in [1.807, 2.05) is 27.7 Å². The lowest BCUT2D eigenvalue weighted by atomic mass is 10.1. The van der Waals surface area contributed by atoms with Gasteiger partial charge in [-0.05, 0) is 61.1 Å². The molecule has 10 nitrogen and oxygen atoms in total. The van der Waals surface area contributed by atoms with Gasteiger partial charge < -0.3 is 30.6 Å². The van der Waals surface area contributed by atoms with E-state index in [2.05, 4.69) is 21.3 Å². The van der Waals surface area contributed by atoms with Crippen LogP contribution in [-0.2, 0) is 18.9 Å². The topological polar surface area (TPSA) is 135 Å². The van der Waals surface area contributed by atoms with E-state index in [0.717, 1.165) is 0 Å². The van der Waals surface area contributed by atoms with Gasteiger partial charge in [-0.2, -0.15) is 0 Å². The predicted octanol–water partition coefficient (Wildman–Crippen LogP) is 4.74. The second-order valence-electron chi connectivity index (χ2n) is 10.4. The molecule has 0 fully saturated rings. The van der Waals surface area contributed by atoms with Crippen LogP contribution in [0.2, 0.25) is 20.1 Å². The van der Waals surface area contributed by atoms with Gasteiger partial charge in [0, 0.05) is 10.0 Å². The smallest absolute Gasteiger partial charge is 0.393 e. The van der Waals surface area contributed by atoms with Crippen LogP contribution in [-0.4, -0.2) is 56.9 Å². The minimum absolute atomic E-state index is 0.149. The molecule has 0 aliphatic rings. The van der Waals surface area contributed by atoms with Crippen molar-refractivity contribution in [3.05, 3.63) is 67.6 Å². The first kappa shape index (κ1) is 36.7. The molecule has 4 amide bonds. The molecule has 0 spiro atoms. The summed E-state index contributed by atoms with van der Waals surface area (Å²) < 4.78 is 11.5. The van der Waals surface area contributed by atoms with Crippen molar-refractivity contribution >= 4 is 77.7 Å². The molecule has 0 radical (unpaired) electrons. The Kier molecular flexibility index (Phi) is 15.6. The standard InChI is InChI=1S/C28H35BCl4N4O6/c1-15(2)9-25(36-23(38)13-34-27(40)19-11-17(30)5-7-21(19)32)42-29-43-26(10-16(3)4)37-24(39)14-35-28(41)20-12-18(31)6-8-22(20)33/h5-8,11-12,15-16,25-26,29H,9-10,13-14H2,1-4H3,(H,34,40)(H,35,41)(H,36,38)(H,37,39)/t25-,26-/m1/s1.